The first-order chi connectivity index (χ1) is 14.5. The van der Waals surface area contributed by atoms with Gasteiger partial charge in [-0.05, 0) is 41.6 Å². The minimum absolute atomic E-state index is 0.157. The topological polar surface area (TPSA) is 61.3 Å². The second kappa shape index (κ2) is 7.27. The predicted octanol–water partition coefficient (Wildman–Crippen LogP) is 3.93. The molecule has 5 aromatic rings. The van der Waals surface area contributed by atoms with Crippen molar-refractivity contribution in [2.45, 2.75) is 20.0 Å². The minimum Gasteiger partial charge on any atom is -0.271 e. The molecule has 0 aliphatic heterocycles. The molecule has 0 fully saturated rings. The van der Waals surface area contributed by atoms with Crippen molar-refractivity contribution in [2.24, 2.45) is 0 Å². The molecule has 6 nitrogen and oxygen atoms in total. The molecular weight excluding hydrogens is 420 g/mol. The Bertz CT molecular complexity index is 1490. The number of benzene rings is 2. The maximum atomic E-state index is 13.2. The SMILES string of the molecule is Cc1ccc(Cn2nc3n(Cc4ccc(Cl)cc4)c(=O)c4sccc4n3c2=O)cc1. The van der Waals surface area contributed by atoms with Gasteiger partial charge in [-0.3, -0.25) is 9.36 Å². The summed E-state index contributed by atoms with van der Waals surface area (Å²) in [5.41, 5.74) is 3.19. The first kappa shape index (κ1) is 18.8. The molecule has 0 saturated carbocycles. The molecule has 2 aromatic carbocycles. The number of aryl methyl sites for hydroxylation is 1. The highest BCUT2D eigenvalue weighted by Crippen LogP contribution is 2.18. The van der Waals surface area contributed by atoms with Crippen molar-refractivity contribution in [3.05, 3.63) is 103 Å². The van der Waals surface area contributed by atoms with Crippen LogP contribution in [0.5, 0.6) is 0 Å². The monoisotopic (exact) mass is 436 g/mol. The first-order valence-corrected chi connectivity index (χ1v) is 10.7. The second-order valence-electron chi connectivity index (χ2n) is 7.21. The van der Waals surface area contributed by atoms with Gasteiger partial charge < -0.3 is 0 Å². The fourth-order valence-electron chi connectivity index (χ4n) is 3.52. The molecule has 8 heteroatoms. The van der Waals surface area contributed by atoms with Crippen molar-refractivity contribution in [1.29, 1.82) is 0 Å². The summed E-state index contributed by atoms with van der Waals surface area (Å²) in [4.78, 5) is 26.4. The molecule has 30 heavy (non-hydrogen) atoms. The number of rotatable bonds is 4. The normalized spacial score (nSPS) is 11.5. The van der Waals surface area contributed by atoms with Crippen LogP contribution in [0, 0.1) is 6.92 Å². The third-order valence-electron chi connectivity index (χ3n) is 5.10. The van der Waals surface area contributed by atoms with Gasteiger partial charge in [0.05, 0.1) is 18.6 Å². The van der Waals surface area contributed by atoms with E-state index in [1.165, 1.54) is 20.4 Å². The Morgan fingerprint density at radius 1 is 0.933 bits per heavy atom. The average Bonchev–Trinajstić information content (AvgIpc) is 3.34. The number of hydrogen-bond acceptors (Lipinski definition) is 4. The summed E-state index contributed by atoms with van der Waals surface area (Å²) in [6.45, 7) is 2.65. The lowest BCUT2D eigenvalue weighted by Gasteiger charge is -2.08. The van der Waals surface area contributed by atoms with Crippen molar-refractivity contribution in [3.8, 4) is 0 Å². The molecule has 0 bridgehead atoms. The molecule has 0 atom stereocenters. The van der Waals surface area contributed by atoms with E-state index in [0.29, 0.717) is 34.1 Å². The smallest absolute Gasteiger partial charge is 0.271 e. The van der Waals surface area contributed by atoms with E-state index in [9.17, 15) is 9.59 Å². The Balaban J connectivity index is 1.71. The number of fused-ring (bicyclic) bond motifs is 3. The standard InChI is InChI=1S/C22H17ClN4O2S/c1-14-2-4-16(5-3-14)13-26-22(29)27-18-10-11-30-19(18)20(28)25(21(27)24-26)12-15-6-8-17(23)9-7-15/h2-11H,12-13H2,1H3. The second-order valence-corrected chi connectivity index (χ2v) is 8.57. The molecule has 0 spiro atoms. The molecule has 0 saturated heterocycles. The molecule has 0 aliphatic carbocycles. The highest BCUT2D eigenvalue weighted by molar-refractivity contribution is 7.17. The zero-order valence-corrected chi connectivity index (χ0v) is 17.7. The van der Waals surface area contributed by atoms with Gasteiger partial charge >= 0.3 is 5.69 Å². The molecule has 0 amide bonds. The molecule has 0 aliphatic rings. The van der Waals surface area contributed by atoms with Crippen LogP contribution in [0.25, 0.3) is 16.0 Å². The molecule has 150 valence electrons. The maximum Gasteiger partial charge on any atom is 0.352 e. The van der Waals surface area contributed by atoms with E-state index in [1.807, 2.05) is 48.7 Å². The summed E-state index contributed by atoms with van der Waals surface area (Å²) in [7, 11) is 0. The lowest BCUT2D eigenvalue weighted by Crippen LogP contribution is -2.26. The van der Waals surface area contributed by atoms with Crippen LogP contribution in [0.3, 0.4) is 0 Å². The highest BCUT2D eigenvalue weighted by atomic mass is 35.5. The van der Waals surface area contributed by atoms with Gasteiger partial charge in [-0.1, -0.05) is 53.6 Å². The van der Waals surface area contributed by atoms with Crippen LogP contribution < -0.4 is 11.2 Å². The van der Waals surface area contributed by atoms with Crippen LogP contribution in [0.15, 0.2) is 69.6 Å². The van der Waals surface area contributed by atoms with Crippen molar-refractivity contribution >= 4 is 38.9 Å². The third-order valence-corrected chi connectivity index (χ3v) is 6.24. The lowest BCUT2D eigenvalue weighted by atomic mass is 10.1. The Morgan fingerprint density at radius 2 is 1.60 bits per heavy atom. The van der Waals surface area contributed by atoms with E-state index in [4.69, 9.17) is 11.6 Å². The summed E-state index contributed by atoms with van der Waals surface area (Å²) < 4.78 is 5.02. The molecule has 0 N–H and O–H groups in total. The molecular formula is C22H17ClN4O2S. The van der Waals surface area contributed by atoms with Crippen LogP contribution in [-0.2, 0) is 13.1 Å². The van der Waals surface area contributed by atoms with Crippen LogP contribution in [0.4, 0.5) is 0 Å². The van der Waals surface area contributed by atoms with E-state index < -0.39 is 0 Å². The number of hydrogen-bond donors (Lipinski definition) is 0. The average molecular weight is 437 g/mol. The zero-order chi connectivity index (χ0) is 20.8. The summed E-state index contributed by atoms with van der Waals surface area (Å²) in [6.07, 6.45) is 0. The highest BCUT2D eigenvalue weighted by Gasteiger charge is 2.18. The van der Waals surface area contributed by atoms with Gasteiger partial charge in [-0.25, -0.2) is 13.9 Å². The lowest BCUT2D eigenvalue weighted by molar-refractivity contribution is 0.654. The van der Waals surface area contributed by atoms with E-state index >= 15 is 0 Å². The largest absolute Gasteiger partial charge is 0.352 e. The van der Waals surface area contributed by atoms with E-state index in [2.05, 4.69) is 5.10 Å². The van der Waals surface area contributed by atoms with Gasteiger partial charge in [0.15, 0.2) is 0 Å². The van der Waals surface area contributed by atoms with Crippen LogP contribution in [-0.4, -0.2) is 18.7 Å². The molecule has 3 aromatic heterocycles. The third kappa shape index (κ3) is 3.16. The summed E-state index contributed by atoms with van der Waals surface area (Å²) >= 11 is 7.32. The Morgan fingerprint density at radius 3 is 2.33 bits per heavy atom. The van der Waals surface area contributed by atoms with Gasteiger partial charge in [-0.15, -0.1) is 16.4 Å². The summed E-state index contributed by atoms with van der Waals surface area (Å²) in [6, 6.07) is 17.1. The fourth-order valence-corrected chi connectivity index (χ4v) is 4.47. The zero-order valence-electron chi connectivity index (χ0n) is 16.1. The van der Waals surface area contributed by atoms with Gasteiger partial charge in [0.2, 0.25) is 5.78 Å². The van der Waals surface area contributed by atoms with Crippen molar-refractivity contribution in [2.75, 3.05) is 0 Å². The number of halogens is 1. The minimum atomic E-state index is -0.265. The van der Waals surface area contributed by atoms with Gasteiger partial charge in [-0.2, -0.15) is 0 Å². The molecule has 0 radical (unpaired) electrons. The maximum absolute atomic E-state index is 13.2. The quantitative estimate of drug-likeness (QED) is 0.429. The number of nitrogens with zero attached hydrogens (tertiary/aromatic N) is 4. The van der Waals surface area contributed by atoms with E-state index in [1.54, 1.807) is 22.8 Å². The molecule has 0 unspecified atom stereocenters. The van der Waals surface area contributed by atoms with Crippen molar-refractivity contribution in [3.63, 3.8) is 0 Å². The van der Waals surface area contributed by atoms with E-state index in [-0.39, 0.29) is 11.2 Å². The van der Waals surface area contributed by atoms with E-state index in [0.717, 1.165) is 16.7 Å². The number of thiophene rings is 1. The fraction of sp³-hybridized carbons (Fsp3) is 0.136. The molecule has 5 rings (SSSR count). The van der Waals surface area contributed by atoms with Crippen LogP contribution >= 0.6 is 22.9 Å². The van der Waals surface area contributed by atoms with Crippen molar-refractivity contribution in [1.82, 2.24) is 18.7 Å². The molecule has 3 heterocycles. The summed E-state index contributed by atoms with van der Waals surface area (Å²) in [5.74, 6) is 0.331. The predicted molar refractivity (Wildman–Crippen MR) is 120 cm³/mol. The van der Waals surface area contributed by atoms with Gasteiger partial charge in [0, 0.05) is 5.02 Å². The van der Waals surface area contributed by atoms with Gasteiger partial charge in [0.25, 0.3) is 5.56 Å². The Labute approximate surface area is 180 Å². The van der Waals surface area contributed by atoms with Crippen molar-refractivity contribution < 1.29 is 0 Å². The van der Waals surface area contributed by atoms with Crippen LogP contribution in [0.2, 0.25) is 5.02 Å². The Hall–Kier alpha value is -3.16. The first-order valence-electron chi connectivity index (χ1n) is 9.41. The number of aromatic nitrogens is 4. The van der Waals surface area contributed by atoms with Crippen LogP contribution in [0.1, 0.15) is 16.7 Å². The van der Waals surface area contributed by atoms with Gasteiger partial charge in [0.1, 0.15) is 4.70 Å². The Kier molecular flexibility index (Phi) is 4.56. The summed E-state index contributed by atoms with van der Waals surface area (Å²) in [5, 5.41) is 6.99.